The van der Waals surface area contributed by atoms with E-state index in [2.05, 4.69) is 0 Å². The molecule has 136 valence electrons. The molecule has 0 heterocycles. The van der Waals surface area contributed by atoms with Crippen LogP contribution in [0.3, 0.4) is 0 Å². The van der Waals surface area contributed by atoms with Crippen molar-refractivity contribution in [3.05, 3.63) is 70.8 Å². The Balaban J connectivity index is 2.23. The van der Waals surface area contributed by atoms with Crippen molar-refractivity contribution in [3.8, 4) is 0 Å². The number of carbonyl (C=O) groups excluding carboxylic acids is 3. The Morgan fingerprint density at radius 2 is 1.54 bits per heavy atom. The Morgan fingerprint density at radius 3 is 2.27 bits per heavy atom. The summed E-state index contributed by atoms with van der Waals surface area (Å²) in [6, 6.07) is 13.6. The minimum absolute atomic E-state index is 0.199. The third-order valence-electron chi connectivity index (χ3n) is 3.80. The Morgan fingerprint density at radius 1 is 0.846 bits per heavy atom. The zero-order valence-corrected chi connectivity index (χ0v) is 15.0. The minimum Gasteiger partial charge on any atom is -0.466 e. The fourth-order valence-electron chi connectivity index (χ4n) is 2.59. The summed E-state index contributed by atoms with van der Waals surface area (Å²) in [5, 5.41) is 0. The standard InChI is InChI=1S/C21H22O5/c1-3-25-19(22)13-12-15-8-5-6-11-18(15)20(23)16-9-7-10-17(14-16)21(24)26-4-2/h5-11,14H,3-4,12-13H2,1-2H3. The second-order valence-corrected chi connectivity index (χ2v) is 5.59. The summed E-state index contributed by atoms with van der Waals surface area (Å²) in [6.07, 6.45) is 0.624. The van der Waals surface area contributed by atoms with Gasteiger partial charge in [0.2, 0.25) is 0 Å². The van der Waals surface area contributed by atoms with E-state index in [1.165, 1.54) is 6.07 Å². The fourth-order valence-corrected chi connectivity index (χ4v) is 2.59. The lowest BCUT2D eigenvalue weighted by molar-refractivity contribution is -0.143. The maximum absolute atomic E-state index is 12.9. The monoisotopic (exact) mass is 354 g/mol. The lowest BCUT2D eigenvalue weighted by Crippen LogP contribution is -2.10. The summed E-state index contributed by atoms with van der Waals surface area (Å²) in [5.41, 5.74) is 2.02. The average Bonchev–Trinajstić information content (AvgIpc) is 2.66. The first-order valence-electron chi connectivity index (χ1n) is 8.62. The van der Waals surface area contributed by atoms with Crippen LogP contribution in [0.1, 0.15) is 52.1 Å². The molecule has 0 N–H and O–H groups in total. The van der Waals surface area contributed by atoms with Crippen molar-refractivity contribution in [1.29, 1.82) is 0 Å². The number of rotatable bonds is 8. The number of esters is 2. The van der Waals surface area contributed by atoms with Crippen LogP contribution in [0.15, 0.2) is 48.5 Å². The van der Waals surface area contributed by atoms with Gasteiger partial charge < -0.3 is 9.47 Å². The minimum atomic E-state index is -0.460. The van der Waals surface area contributed by atoms with Crippen molar-refractivity contribution in [3.63, 3.8) is 0 Å². The summed E-state index contributed by atoms with van der Waals surface area (Å²) in [7, 11) is 0. The number of ether oxygens (including phenoxy) is 2. The van der Waals surface area contributed by atoms with E-state index >= 15 is 0 Å². The second kappa shape index (κ2) is 9.51. The number of hydrogen-bond acceptors (Lipinski definition) is 5. The molecule has 2 rings (SSSR count). The first kappa shape index (κ1) is 19.4. The predicted octanol–water partition coefficient (Wildman–Crippen LogP) is 3.59. The third kappa shape index (κ3) is 5.02. The molecule has 0 spiro atoms. The zero-order chi connectivity index (χ0) is 18.9. The Bertz CT molecular complexity index is 794. The van der Waals surface area contributed by atoms with Gasteiger partial charge in [0.15, 0.2) is 5.78 Å². The van der Waals surface area contributed by atoms with E-state index in [0.717, 1.165) is 5.56 Å². The van der Waals surface area contributed by atoms with Crippen molar-refractivity contribution in [2.24, 2.45) is 0 Å². The van der Waals surface area contributed by atoms with Crippen LogP contribution in [0.25, 0.3) is 0 Å². The van der Waals surface area contributed by atoms with E-state index in [0.29, 0.717) is 29.7 Å². The van der Waals surface area contributed by atoms with E-state index in [4.69, 9.17) is 9.47 Å². The first-order valence-corrected chi connectivity index (χ1v) is 8.62. The van der Waals surface area contributed by atoms with Gasteiger partial charge in [0.1, 0.15) is 0 Å². The summed E-state index contributed by atoms with van der Waals surface area (Å²) in [5.74, 6) is -0.951. The van der Waals surface area contributed by atoms with Crippen LogP contribution in [0.5, 0.6) is 0 Å². The van der Waals surface area contributed by atoms with Crippen LogP contribution < -0.4 is 0 Å². The van der Waals surface area contributed by atoms with Crippen LogP contribution in [0.4, 0.5) is 0 Å². The molecule has 5 nitrogen and oxygen atoms in total. The summed E-state index contributed by atoms with van der Waals surface area (Å²) in [6.45, 7) is 4.09. The Hall–Kier alpha value is -2.95. The molecule has 2 aromatic rings. The molecule has 0 aromatic heterocycles. The molecule has 0 fully saturated rings. The van der Waals surface area contributed by atoms with Crippen LogP contribution in [0.2, 0.25) is 0 Å². The van der Waals surface area contributed by atoms with Crippen LogP contribution in [0, 0.1) is 0 Å². The molecule has 0 aliphatic heterocycles. The fraction of sp³-hybridized carbons (Fsp3) is 0.286. The number of carbonyl (C=O) groups is 3. The lowest BCUT2D eigenvalue weighted by atomic mass is 9.95. The third-order valence-corrected chi connectivity index (χ3v) is 3.80. The van der Waals surface area contributed by atoms with Crippen LogP contribution in [-0.2, 0) is 20.7 Å². The van der Waals surface area contributed by atoms with Gasteiger partial charge in [-0.25, -0.2) is 4.79 Å². The van der Waals surface area contributed by atoms with Crippen LogP contribution >= 0.6 is 0 Å². The molecule has 0 amide bonds. The molecule has 0 atom stereocenters. The Labute approximate surface area is 152 Å². The molecule has 5 heteroatoms. The second-order valence-electron chi connectivity index (χ2n) is 5.59. The smallest absolute Gasteiger partial charge is 0.338 e. The highest BCUT2D eigenvalue weighted by molar-refractivity contribution is 6.10. The van der Waals surface area contributed by atoms with Gasteiger partial charge in [-0.2, -0.15) is 0 Å². The van der Waals surface area contributed by atoms with Gasteiger partial charge in [0.05, 0.1) is 18.8 Å². The van der Waals surface area contributed by atoms with E-state index < -0.39 is 5.97 Å². The normalized spacial score (nSPS) is 10.2. The zero-order valence-electron chi connectivity index (χ0n) is 15.0. The van der Waals surface area contributed by atoms with Gasteiger partial charge in [0, 0.05) is 17.5 Å². The van der Waals surface area contributed by atoms with Crippen molar-refractivity contribution < 1.29 is 23.9 Å². The molecule has 0 unspecified atom stereocenters. The quantitative estimate of drug-likeness (QED) is 0.535. The SMILES string of the molecule is CCOC(=O)CCc1ccccc1C(=O)c1cccc(C(=O)OCC)c1. The van der Waals surface area contributed by atoms with Gasteiger partial charge in [-0.3, -0.25) is 9.59 Å². The number of benzene rings is 2. The molecule has 0 radical (unpaired) electrons. The van der Waals surface area contributed by atoms with Crippen LogP contribution in [-0.4, -0.2) is 30.9 Å². The van der Waals surface area contributed by atoms with Gasteiger partial charge in [-0.1, -0.05) is 36.4 Å². The van der Waals surface area contributed by atoms with E-state index in [9.17, 15) is 14.4 Å². The van der Waals surface area contributed by atoms with Crippen molar-refractivity contribution in [2.75, 3.05) is 13.2 Å². The van der Waals surface area contributed by atoms with Gasteiger partial charge in [0.25, 0.3) is 0 Å². The summed E-state index contributed by atoms with van der Waals surface area (Å²) < 4.78 is 9.92. The van der Waals surface area contributed by atoms with Gasteiger partial charge in [-0.15, -0.1) is 0 Å². The summed E-state index contributed by atoms with van der Waals surface area (Å²) in [4.78, 5) is 36.4. The van der Waals surface area contributed by atoms with E-state index in [1.807, 2.05) is 12.1 Å². The maximum atomic E-state index is 12.9. The van der Waals surface area contributed by atoms with Crippen molar-refractivity contribution >= 4 is 17.7 Å². The topological polar surface area (TPSA) is 69.7 Å². The molecule has 0 aliphatic rings. The maximum Gasteiger partial charge on any atom is 0.338 e. The Kier molecular flexibility index (Phi) is 7.09. The largest absolute Gasteiger partial charge is 0.466 e. The molecule has 0 bridgehead atoms. The van der Waals surface area contributed by atoms with Gasteiger partial charge in [-0.05, 0) is 38.0 Å². The molecular formula is C21H22O5. The molecule has 0 aliphatic carbocycles. The highest BCUT2D eigenvalue weighted by Gasteiger charge is 2.16. The molecule has 26 heavy (non-hydrogen) atoms. The van der Waals surface area contributed by atoms with Crippen molar-refractivity contribution in [1.82, 2.24) is 0 Å². The highest BCUT2D eigenvalue weighted by Crippen LogP contribution is 2.18. The molecular weight excluding hydrogens is 332 g/mol. The number of aryl methyl sites for hydroxylation is 1. The molecule has 0 saturated carbocycles. The average molecular weight is 354 g/mol. The van der Waals surface area contributed by atoms with E-state index in [-0.39, 0.29) is 24.8 Å². The lowest BCUT2D eigenvalue weighted by Gasteiger charge is -2.09. The highest BCUT2D eigenvalue weighted by atomic mass is 16.5. The predicted molar refractivity (Wildman–Crippen MR) is 97.2 cm³/mol. The van der Waals surface area contributed by atoms with E-state index in [1.54, 1.807) is 44.2 Å². The summed E-state index contributed by atoms with van der Waals surface area (Å²) >= 11 is 0. The van der Waals surface area contributed by atoms with Crippen molar-refractivity contribution in [2.45, 2.75) is 26.7 Å². The van der Waals surface area contributed by atoms with Gasteiger partial charge >= 0.3 is 11.9 Å². The number of hydrogen-bond donors (Lipinski definition) is 0. The molecule has 0 saturated heterocycles. The molecule has 2 aromatic carbocycles. The first-order chi connectivity index (χ1) is 12.6. The number of ketones is 1.